The molecule has 2 aromatic rings. The lowest BCUT2D eigenvalue weighted by Gasteiger charge is -2.21. The molecule has 3 rings (SSSR count). The number of benzene rings is 1. The van der Waals surface area contributed by atoms with Gasteiger partial charge >= 0.3 is 0 Å². The van der Waals surface area contributed by atoms with E-state index in [-0.39, 0.29) is 5.91 Å². The second-order valence-electron chi connectivity index (χ2n) is 4.85. The number of para-hydroxylation sites is 1. The number of carbonyl (C=O) groups is 1. The third kappa shape index (κ3) is 2.90. The van der Waals surface area contributed by atoms with Gasteiger partial charge in [-0.25, -0.2) is 0 Å². The molecule has 1 aliphatic heterocycles. The number of hydroxylamine groups is 1. The lowest BCUT2D eigenvalue weighted by Crippen LogP contribution is -2.31. The molecule has 21 heavy (non-hydrogen) atoms. The SMILES string of the molecule is CN(CCON1C(=O)Cc2cccc(Cl)c21)c1ccsc1. The fraction of sp³-hybridized carbons (Fsp3) is 0.267. The highest BCUT2D eigenvalue weighted by Gasteiger charge is 2.30. The van der Waals surface area contributed by atoms with Crippen molar-refractivity contribution in [2.45, 2.75) is 6.42 Å². The van der Waals surface area contributed by atoms with Crippen LogP contribution < -0.4 is 9.96 Å². The maximum absolute atomic E-state index is 12.0. The Hall–Kier alpha value is -1.56. The van der Waals surface area contributed by atoms with Gasteiger partial charge < -0.3 is 4.90 Å². The molecule has 0 fully saturated rings. The number of carbonyl (C=O) groups excluding carboxylic acids is 1. The molecule has 4 nitrogen and oxygen atoms in total. The highest BCUT2D eigenvalue weighted by Crippen LogP contribution is 2.35. The molecule has 1 aromatic carbocycles. The van der Waals surface area contributed by atoms with Gasteiger partial charge in [-0.2, -0.15) is 16.4 Å². The van der Waals surface area contributed by atoms with Gasteiger partial charge in [0.05, 0.1) is 23.7 Å². The minimum absolute atomic E-state index is 0.0729. The smallest absolute Gasteiger partial charge is 0.255 e. The van der Waals surface area contributed by atoms with Gasteiger partial charge in [0.1, 0.15) is 0 Å². The van der Waals surface area contributed by atoms with Crippen LogP contribution in [-0.4, -0.2) is 26.1 Å². The van der Waals surface area contributed by atoms with Crippen molar-refractivity contribution in [2.24, 2.45) is 0 Å². The van der Waals surface area contributed by atoms with E-state index in [1.807, 2.05) is 24.6 Å². The summed E-state index contributed by atoms with van der Waals surface area (Å²) in [7, 11) is 2.00. The van der Waals surface area contributed by atoms with Crippen LogP contribution in [0.2, 0.25) is 5.02 Å². The Kier molecular flexibility index (Phi) is 4.14. The van der Waals surface area contributed by atoms with E-state index < -0.39 is 0 Å². The number of rotatable bonds is 5. The van der Waals surface area contributed by atoms with Gasteiger partial charge in [0.25, 0.3) is 5.91 Å². The highest BCUT2D eigenvalue weighted by atomic mass is 35.5. The van der Waals surface area contributed by atoms with Crippen molar-refractivity contribution in [1.29, 1.82) is 0 Å². The minimum Gasteiger partial charge on any atom is -0.372 e. The van der Waals surface area contributed by atoms with Crippen LogP contribution in [0, 0.1) is 0 Å². The summed E-state index contributed by atoms with van der Waals surface area (Å²) in [5, 5.41) is 5.99. The number of likely N-dealkylation sites (N-methyl/N-ethyl adjacent to an activating group) is 1. The molecule has 1 aliphatic rings. The highest BCUT2D eigenvalue weighted by molar-refractivity contribution is 7.08. The van der Waals surface area contributed by atoms with Gasteiger partial charge in [-0.05, 0) is 23.1 Å². The van der Waals surface area contributed by atoms with Crippen molar-refractivity contribution in [2.75, 3.05) is 30.2 Å². The summed E-state index contributed by atoms with van der Waals surface area (Å²) in [6, 6.07) is 7.58. The monoisotopic (exact) mass is 322 g/mol. The second kappa shape index (κ2) is 6.05. The number of nitrogens with zero attached hydrogens (tertiary/aromatic N) is 2. The van der Waals surface area contributed by atoms with Crippen molar-refractivity contribution in [3.63, 3.8) is 0 Å². The van der Waals surface area contributed by atoms with E-state index in [2.05, 4.69) is 16.3 Å². The van der Waals surface area contributed by atoms with E-state index in [4.69, 9.17) is 16.4 Å². The Morgan fingerprint density at radius 1 is 1.43 bits per heavy atom. The van der Waals surface area contributed by atoms with E-state index in [0.717, 1.165) is 11.3 Å². The lowest BCUT2D eigenvalue weighted by atomic mass is 10.2. The van der Waals surface area contributed by atoms with Gasteiger partial charge in [-0.15, -0.1) is 0 Å². The zero-order chi connectivity index (χ0) is 14.8. The molecular weight excluding hydrogens is 308 g/mol. The molecule has 0 saturated heterocycles. The van der Waals surface area contributed by atoms with Crippen LogP contribution in [-0.2, 0) is 16.1 Å². The molecule has 1 aromatic heterocycles. The summed E-state index contributed by atoms with van der Waals surface area (Å²) in [5.41, 5.74) is 2.75. The van der Waals surface area contributed by atoms with Crippen LogP contribution in [0.1, 0.15) is 5.56 Å². The Morgan fingerprint density at radius 3 is 3.05 bits per heavy atom. The molecule has 6 heteroatoms. The minimum atomic E-state index is -0.0729. The molecule has 0 saturated carbocycles. The molecule has 0 N–H and O–H groups in total. The van der Waals surface area contributed by atoms with Crippen molar-refractivity contribution in [3.05, 3.63) is 45.6 Å². The Labute approximate surface area is 132 Å². The van der Waals surface area contributed by atoms with E-state index in [1.54, 1.807) is 17.4 Å². The first-order valence-corrected chi connectivity index (χ1v) is 7.95. The zero-order valence-electron chi connectivity index (χ0n) is 11.6. The Balaban J connectivity index is 1.63. The van der Waals surface area contributed by atoms with E-state index in [1.165, 1.54) is 5.06 Å². The van der Waals surface area contributed by atoms with E-state index in [9.17, 15) is 4.79 Å². The fourth-order valence-corrected chi connectivity index (χ4v) is 3.26. The van der Waals surface area contributed by atoms with Gasteiger partial charge in [-0.1, -0.05) is 23.7 Å². The van der Waals surface area contributed by atoms with E-state index in [0.29, 0.717) is 30.3 Å². The zero-order valence-corrected chi connectivity index (χ0v) is 13.2. The topological polar surface area (TPSA) is 32.8 Å². The van der Waals surface area contributed by atoms with Crippen molar-refractivity contribution in [1.82, 2.24) is 0 Å². The second-order valence-corrected chi connectivity index (χ2v) is 6.04. The molecule has 0 bridgehead atoms. The molecule has 0 spiro atoms. The quantitative estimate of drug-likeness (QED) is 0.846. The maximum Gasteiger partial charge on any atom is 0.255 e. The number of anilines is 2. The standard InChI is InChI=1S/C15H15ClN2O2S/c1-17(12-5-8-21-10-12)6-7-20-18-14(19)9-11-3-2-4-13(16)15(11)18/h2-5,8,10H,6-7,9H2,1H3. The van der Waals surface area contributed by atoms with Gasteiger partial charge in [-0.3, -0.25) is 9.63 Å². The third-order valence-corrected chi connectivity index (χ3v) is 4.41. The number of thiophene rings is 1. The van der Waals surface area contributed by atoms with Gasteiger partial charge in [0, 0.05) is 24.7 Å². The number of hydrogen-bond donors (Lipinski definition) is 0. The summed E-state index contributed by atoms with van der Waals surface area (Å²) in [4.78, 5) is 19.8. The van der Waals surface area contributed by atoms with Crippen LogP contribution in [0.15, 0.2) is 35.0 Å². The average molecular weight is 323 g/mol. The molecule has 110 valence electrons. The molecule has 0 radical (unpaired) electrons. The van der Waals surface area contributed by atoms with E-state index >= 15 is 0 Å². The molecule has 0 unspecified atom stereocenters. The number of fused-ring (bicyclic) bond motifs is 1. The van der Waals surface area contributed by atoms with Gasteiger partial charge in [0.2, 0.25) is 0 Å². The molecule has 1 amide bonds. The Morgan fingerprint density at radius 2 is 2.29 bits per heavy atom. The van der Waals surface area contributed by atoms with Crippen LogP contribution >= 0.6 is 22.9 Å². The summed E-state index contributed by atoms with van der Waals surface area (Å²) in [6.07, 6.45) is 0.344. The predicted octanol–water partition coefficient (Wildman–Crippen LogP) is 3.36. The molecule has 0 aliphatic carbocycles. The van der Waals surface area contributed by atoms with Crippen LogP contribution in [0.25, 0.3) is 0 Å². The summed E-state index contributed by atoms with van der Waals surface area (Å²) in [6.45, 7) is 1.11. The largest absolute Gasteiger partial charge is 0.372 e. The first-order chi connectivity index (χ1) is 10.2. The summed E-state index contributed by atoms with van der Waals surface area (Å²) in [5.74, 6) is -0.0729. The first-order valence-electron chi connectivity index (χ1n) is 6.63. The summed E-state index contributed by atoms with van der Waals surface area (Å²) < 4.78 is 0. The molecule has 0 atom stereocenters. The first kappa shape index (κ1) is 14.4. The van der Waals surface area contributed by atoms with Crippen LogP contribution in [0.4, 0.5) is 11.4 Å². The molecular formula is C15H15ClN2O2S. The van der Waals surface area contributed by atoms with Crippen molar-refractivity contribution < 1.29 is 9.63 Å². The fourth-order valence-electron chi connectivity index (χ4n) is 2.30. The van der Waals surface area contributed by atoms with Crippen LogP contribution in [0.5, 0.6) is 0 Å². The third-order valence-electron chi connectivity index (χ3n) is 3.44. The number of halogens is 1. The lowest BCUT2D eigenvalue weighted by molar-refractivity contribution is -0.124. The van der Waals surface area contributed by atoms with Gasteiger partial charge in [0.15, 0.2) is 0 Å². The van der Waals surface area contributed by atoms with Crippen molar-refractivity contribution in [3.8, 4) is 0 Å². The predicted molar refractivity (Wildman–Crippen MR) is 86.2 cm³/mol. The number of hydrogen-bond acceptors (Lipinski definition) is 4. The maximum atomic E-state index is 12.0. The summed E-state index contributed by atoms with van der Waals surface area (Å²) >= 11 is 7.82. The molecule has 2 heterocycles. The van der Waals surface area contributed by atoms with Crippen LogP contribution in [0.3, 0.4) is 0 Å². The average Bonchev–Trinajstić information content (AvgIpc) is 3.08. The Bertz CT molecular complexity index is 645. The normalized spacial score (nSPS) is 13.6. The van der Waals surface area contributed by atoms with Crippen molar-refractivity contribution >= 4 is 40.2 Å². The number of amides is 1.